The van der Waals surface area contributed by atoms with Gasteiger partial charge in [-0.3, -0.25) is 9.69 Å². The number of ketones is 1. The van der Waals surface area contributed by atoms with E-state index in [0.717, 1.165) is 18.7 Å². The number of thioether (sulfide) groups is 1. The van der Waals surface area contributed by atoms with Gasteiger partial charge in [-0.15, -0.1) is 11.8 Å². The molecule has 4 heteroatoms. The topological polar surface area (TPSA) is 23.6 Å². The van der Waals surface area contributed by atoms with Crippen molar-refractivity contribution in [1.82, 2.24) is 9.80 Å². The minimum Gasteiger partial charge on any atom is -0.305 e. The Morgan fingerprint density at radius 3 is 2.45 bits per heavy atom. The van der Waals surface area contributed by atoms with E-state index < -0.39 is 0 Å². The van der Waals surface area contributed by atoms with Gasteiger partial charge in [0.05, 0.1) is 6.54 Å². The minimum atomic E-state index is 0.226. The van der Waals surface area contributed by atoms with E-state index in [9.17, 15) is 4.79 Å². The van der Waals surface area contributed by atoms with Gasteiger partial charge in [0.15, 0.2) is 5.78 Å². The summed E-state index contributed by atoms with van der Waals surface area (Å²) in [5.41, 5.74) is 0.823. The average molecular weight is 292 g/mol. The van der Waals surface area contributed by atoms with Crippen LogP contribution in [-0.2, 0) is 0 Å². The van der Waals surface area contributed by atoms with Crippen molar-refractivity contribution in [2.24, 2.45) is 5.92 Å². The second-order valence-corrected chi connectivity index (χ2v) is 6.73. The van der Waals surface area contributed by atoms with Crippen LogP contribution in [0.1, 0.15) is 17.3 Å². The van der Waals surface area contributed by atoms with Crippen LogP contribution >= 0.6 is 11.8 Å². The first-order valence-corrected chi connectivity index (χ1v) is 8.29. The minimum absolute atomic E-state index is 0.226. The van der Waals surface area contributed by atoms with Crippen molar-refractivity contribution in [1.29, 1.82) is 0 Å². The lowest BCUT2D eigenvalue weighted by Crippen LogP contribution is -2.35. The van der Waals surface area contributed by atoms with Crippen LogP contribution in [0.5, 0.6) is 0 Å². The van der Waals surface area contributed by atoms with Crippen molar-refractivity contribution in [3.8, 4) is 0 Å². The summed E-state index contributed by atoms with van der Waals surface area (Å²) in [7, 11) is 4.24. The number of hydrogen-bond donors (Lipinski definition) is 0. The molecule has 2 unspecified atom stereocenters. The maximum absolute atomic E-state index is 12.3. The smallest absolute Gasteiger partial charge is 0.176 e. The number of rotatable bonds is 5. The maximum Gasteiger partial charge on any atom is 0.176 e. The van der Waals surface area contributed by atoms with Gasteiger partial charge in [-0.05, 0) is 38.4 Å². The molecule has 1 aromatic rings. The monoisotopic (exact) mass is 292 g/mol. The Labute approximate surface area is 126 Å². The average Bonchev–Trinajstić information content (AvgIpc) is 2.79. The zero-order valence-electron chi connectivity index (χ0n) is 12.8. The third-order valence-electron chi connectivity index (χ3n) is 4.09. The summed E-state index contributed by atoms with van der Waals surface area (Å²) >= 11 is 1.70. The first-order valence-electron chi connectivity index (χ1n) is 7.07. The number of benzene rings is 1. The standard InChI is InChI=1S/C16H24N2OS/c1-12-9-18(10-15(12)17(2)3)11-16(19)13-5-7-14(20-4)8-6-13/h5-8,12,15H,9-11H2,1-4H3. The fourth-order valence-electron chi connectivity index (χ4n) is 2.92. The number of Topliss-reactive ketones (excluding diaryl/α,β-unsaturated/α-hetero) is 1. The van der Waals surface area contributed by atoms with E-state index in [-0.39, 0.29) is 5.78 Å². The lowest BCUT2D eigenvalue weighted by Gasteiger charge is -2.22. The summed E-state index contributed by atoms with van der Waals surface area (Å²) in [6.07, 6.45) is 2.05. The quantitative estimate of drug-likeness (QED) is 0.614. The molecule has 2 rings (SSSR count). The number of likely N-dealkylation sites (tertiary alicyclic amines) is 1. The van der Waals surface area contributed by atoms with Gasteiger partial charge in [0, 0.05) is 29.6 Å². The van der Waals surface area contributed by atoms with Gasteiger partial charge in [0.25, 0.3) is 0 Å². The van der Waals surface area contributed by atoms with E-state index in [4.69, 9.17) is 0 Å². The second kappa shape index (κ2) is 6.74. The molecule has 0 aromatic heterocycles. The molecule has 0 amide bonds. The molecular formula is C16H24N2OS. The molecule has 3 nitrogen and oxygen atoms in total. The highest BCUT2D eigenvalue weighted by Gasteiger charge is 2.31. The van der Waals surface area contributed by atoms with E-state index in [1.165, 1.54) is 4.90 Å². The van der Waals surface area contributed by atoms with E-state index in [1.54, 1.807) is 11.8 Å². The summed E-state index contributed by atoms with van der Waals surface area (Å²) < 4.78 is 0. The number of likely N-dealkylation sites (N-methyl/N-ethyl adjacent to an activating group) is 1. The summed E-state index contributed by atoms with van der Waals surface area (Å²) in [6, 6.07) is 8.48. The highest BCUT2D eigenvalue weighted by molar-refractivity contribution is 7.98. The van der Waals surface area contributed by atoms with Crippen molar-refractivity contribution < 1.29 is 4.79 Å². The third-order valence-corrected chi connectivity index (χ3v) is 4.83. The molecule has 0 aliphatic carbocycles. The van der Waals surface area contributed by atoms with Crippen molar-refractivity contribution in [3.63, 3.8) is 0 Å². The molecule has 1 saturated heterocycles. The number of carbonyl (C=O) groups is 1. The van der Waals surface area contributed by atoms with Crippen LogP contribution in [0.25, 0.3) is 0 Å². The van der Waals surface area contributed by atoms with Gasteiger partial charge in [0.1, 0.15) is 0 Å². The molecule has 20 heavy (non-hydrogen) atoms. The third kappa shape index (κ3) is 3.62. The molecule has 110 valence electrons. The predicted octanol–water partition coefficient (Wildman–Crippen LogP) is 2.47. The molecule has 1 heterocycles. The molecule has 1 aromatic carbocycles. The maximum atomic E-state index is 12.3. The van der Waals surface area contributed by atoms with Crippen LogP contribution in [-0.4, -0.2) is 61.6 Å². The van der Waals surface area contributed by atoms with E-state index >= 15 is 0 Å². The van der Waals surface area contributed by atoms with Gasteiger partial charge in [0.2, 0.25) is 0 Å². The Hall–Kier alpha value is -0.840. The molecule has 0 bridgehead atoms. The van der Waals surface area contributed by atoms with Gasteiger partial charge in [-0.25, -0.2) is 0 Å². The van der Waals surface area contributed by atoms with Crippen LogP contribution in [0.3, 0.4) is 0 Å². The zero-order chi connectivity index (χ0) is 14.7. The summed E-state index contributed by atoms with van der Waals surface area (Å²) in [4.78, 5) is 18.1. The van der Waals surface area contributed by atoms with Gasteiger partial charge < -0.3 is 4.90 Å². The number of carbonyl (C=O) groups excluding carboxylic acids is 1. The van der Waals surface area contributed by atoms with Gasteiger partial charge >= 0.3 is 0 Å². The largest absolute Gasteiger partial charge is 0.305 e. The molecule has 1 aliphatic heterocycles. The SMILES string of the molecule is CSc1ccc(C(=O)CN2CC(C)C(N(C)C)C2)cc1. The fourth-order valence-corrected chi connectivity index (χ4v) is 3.33. The van der Waals surface area contributed by atoms with Gasteiger partial charge in [-0.2, -0.15) is 0 Å². The molecule has 1 aliphatic rings. The summed E-state index contributed by atoms with van der Waals surface area (Å²) in [5, 5.41) is 0. The van der Waals surface area contributed by atoms with Crippen LogP contribution < -0.4 is 0 Å². The second-order valence-electron chi connectivity index (χ2n) is 5.85. The van der Waals surface area contributed by atoms with Crippen molar-refractivity contribution in [3.05, 3.63) is 29.8 Å². The highest BCUT2D eigenvalue weighted by atomic mass is 32.2. The van der Waals surface area contributed by atoms with E-state index in [0.29, 0.717) is 18.5 Å². The number of hydrogen-bond acceptors (Lipinski definition) is 4. The lowest BCUT2D eigenvalue weighted by atomic mass is 10.1. The van der Waals surface area contributed by atoms with Crippen LogP contribution in [0.4, 0.5) is 0 Å². The van der Waals surface area contributed by atoms with Crippen LogP contribution in [0, 0.1) is 5.92 Å². The van der Waals surface area contributed by atoms with Crippen molar-refractivity contribution in [2.45, 2.75) is 17.9 Å². The van der Waals surface area contributed by atoms with Gasteiger partial charge in [-0.1, -0.05) is 19.1 Å². The van der Waals surface area contributed by atoms with Crippen LogP contribution in [0.2, 0.25) is 0 Å². The summed E-state index contributed by atoms with van der Waals surface area (Å²) in [6.45, 7) is 4.80. The first-order chi connectivity index (χ1) is 9.51. The Morgan fingerprint density at radius 2 is 1.95 bits per heavy atom. The molecule has 1 fully saturated rings. The van der Waals surface area contributed by atoms with Crippen molar-refractivity contribution in [2.75, 3.05) is 40.0 Å². The molecule has 0 radical (unpaired) electrons. The van der Waals surface area contributed by atoms with Crippen molar-refractivity contribution >= 4 is 17.5 Å². The zero-order valence-corrected chi connectivity index (χ0v) is 13.6. The molecule has 0 spiro atoms. The molecule has 0 N–H and O–H groups in total. The Morgan fingerprint density at radius 1 is 1.30 bits per heavy atom. The lowest BCUT2D eigenvalue weighted by molar-refractivity contribution is 0.0941. The predicted molar refractivity (Wildman–Crippen MR) is 85.6 cm³/mol. The van der Waals surface area contributed by atoms with Crippen LogP contribution in [0.15, 0.2) is 29.2 Å². The Bertz CT molecular complexity index is 458. The molecule has 2 atom stereocenters. The number of nitrogens with zero attached hydrogens (tertiary/aromatic N) is 2. The van der Waals surface area contributed by atoms with E-state index in [2.05, 4.69) is 30.8 Å². The highest BCUT2D eigenvalue weighted by Crippen LogP contribution is 2.21. The molecular weight excluding hydrogens is 268 g/mol. The Kier molecular flexibility index (Phi) is 5.24. The van der Waals surface area contributed by atoms with E-state index in [1.807, 2.05) is 30.5 Å². The first kappa shape index (κ1) is 15.5. The molecule has 0 saturated carbocycles. The normalized spacial score (nSPS) is 23.4. The Balaban J connectivity index is 1.95. The fraction of sp³-hybridized carbons (Fsp3) is 0.562. The summed E-state index contributed by atoms with van der Waals surface area (Å²) in [5.74, 6) is 0.848.